The second-order valence-corrected chi connectivity index (χ2v) is 7.60. The molecule has 1 aliphatic heterocycles. The van der Waals surface area contributed by atoms with Gasteiger partial charge in [-0.15, -0.1) is 0 Å². The van der Waals surface area contributed by atoms with Gasteiger partial charge in [0.25, 0.3) is 5.91 Å². The average molecular weight is 387 g/mol. The number of aryl methyl sites for hydroxylation is 1. The van der Waals surface area contributed by atoms with Crippen LogP contribution in [0.3, 0.4) is 0 Å². The second kappa shape index (κ2) is 9.14. The Morgan fingerprint density at radius 3 is 2.79 bits per heavy atom. The number of carbonyl (C=O) groups excluding carboxylic acids is 1. The standard InChI is InChI=1S/C20H30N6O2/c1-5-7-16-11-17(24-28-16)20(27)26(4)13-15-10-18(25(2)3)23-19(22-15)14-8-6-9-21-12-14/h10-11,14,21H,5-9,12-13H2,1-4H3. The summed E-state index contributed by atoms with van der Waals surface area (Å²) in [7, 11) is 5.69. The van der Waals surface area contributed by atoms with Crippen molar-refractivity contribution < 1.29 is 9.32 Å². The van der Waals surface area contributed by atoms with E-state index in [4.69, 9.17) is 14.5 Å². The first-order valence-electron chi connectivity index (χ1n) is 9.95. The molecule has 3 heterocycles. The Bertz CT molecular complexity index is 798. The van der Waals surface area contributed by atoms with Gasteiger partial charge in [-0.2, -0.15) is 0 Å². The molecule has 0 spiro atoms. The van der Waals surface area contributed by atoms with Gasteiger partial charge in [-0.3, -0.25) is 4.79 Å². The third-order valence-corrected chi connectivity index (χ3v) is 4.92. The fraction of sp³-hybridized carbons (Fsp3) is 0.600. The van der Waals surface area contributed by atoms with Crippen molar-refractivity contribution in [2.45, 2.75) is 45.1 Å². The smallest absolute Gasteiger partial charge is 0.276 e. The third-order valence-electron chi connectivity index (χ3n) is 4.92. The van der Waals surface area contributed by atoms with E-state index in [0.29, 0.717) is 18.2 Å². The van der Waals surface area contributed by atoms with E-state index in [9.17, 15) is 4.79 Å². The molecule has 8 nitrogen and oxygen atoms in total. The van der Waals surface area contributed by atoms with Crippen LogP contribution in [0.15, 0.2) is 16.7 Å². The quantitative estimate of drug-likeness (QED) is 0.781. The van der Waals surface area contributed by atoms with E-state index in [2.05, 4.69) is 17.4 Å². The molecular formula is C20H30N6O2. The third kappa shape index (κ3) is 4.86. The van der Waals surface area contributed by atoms with E-state index in [0.717, 1.165) is 61.9 Å². The monoisotopic (exact) mass is 386 g/mol. The molecule has 28 heavy (non-hydrogen) atoms. The van der Waals surface area contributed by atoms with E-state index >= 15 is 0 Å². The molecule has 8 heteroatoms. The number of anilines is 1. The summed E-state index contributed by atoms with van der Waals surface area (Å²) in [5, 5.41) is 7.34. The van der Waals surface area contributed by atoms with Gasteiger partial charge in [0.1, 0.15) is 17.4 Å². The number of aromatic nitrogens is 3. The largest absolute Gasteiger partial charge is 0.363 e. The molecule has 1 fully saturated rings. The van der Waals surface area contributed by atoms with Crippen LogP contribution in [0.2, 0.25) is 0 Å². The number of rotatable bonds is 7. The number of amides is 1. The Labute approximate surface area is 166 Å². The lowest BCUT2D eigenvalue weighted by Crippen LogP contribution is -2.31. The van der Waals surface area contributed by atoms with Gasteiger partial charge >= 0.3 is 0 Å². The van der Waals surface area contributed by atoms with Crippen LogP contribution >= 0.6 is 0 Å². The topological polar surface area (TPSA) is 87.4 Å². The number of hydrogen-bond acceptors (Lipinski definition) is 7. The number of nitrogens with one attached hydrogen (secondary N) is 1. The molecule has 152 valence electrons. The molecule has 0 aromatic carbocycles. The number of carbonyl (C=O) groups is 1. The normalized spacial score (nSPS) is 16.8. The Balaban J connectivity index is 1.77. The highest BCUT2D eigenvalue weighted by molar-refractivity contribution is 5.92. The predicted molar refractivity (Wildman–Crippen MR) is 107 cm³/mol. The molecule has 0 aliphatic carbocycles. The van der Waals surface area contributed by atoms with E-state index in [-0.39, 0.29) is 5.91 Å². The first-order chi connectivity index (χ1) is 13.5. The van der Waals surface area contributed by atoms with Crippen LogP contribution in [-0.2, 0) is 13.0 Å². The molecule has 2 aromatic rings. The minimum absolute atomic E-state index is 0.169. The summed E-state index contributed by atoms with van der Waals surface area (Å²) < 4.78 is 5.24. The van der Waals surface area contributed by atoms with E-state index in [1.165, 1.54) is 0 Å². The zero-order valence-electron chi connectivity index (χ0n) is 17.2. The highest BCUT2D eigenvalue weighted by atomic mass is 16.5. The highest BCUT2D eigenvalue weighted by Crippen LogP contribution is 2.23. The maximum absolute atomic E-state index is 12.7. The number of nitrogens with zero attached hydrogens (tertiary/aromatic N) is 5. The van der Waals surface area contributed by atoms with Crippen LogP contribution in [0.4, 0.5) is 5.82 Å². The maximum Gasteiger partial charge on any atom is 0.276 e. The molecule has 0 saturated carbocycles. The van der Waals surface area contributed by atoms with Crippen molar-refractivity contribution in [3.05, 3.63) is 35.1 Å². The van der Waals surface area contributed by atoms with Crippen molar-refractivity contribution in [3.63, 3.8) is 0 Å². The van der Waals surface area contributed by atoms with E-state index in [1.54, 1.807) is 18.0 Å². The van der Waals surface area contributed by atoms with Crippen LogP contribution in [0.5, 0.6) is 0 Å². The molecule has 0 radical (unpaired) electrons. The van der Waals surface area contributed by atoms with Crippen molar-refractivity contribution in [2.75, 3.05) is 39.1 Å². The van der Waals surface area contributed by atoms with Gasteiger partial charge in [0.15, 0.2) is 5.69 Å². The fourth-order valence-electron chi connectivity index (χ4n) is 3.36. The summed E-state index contributed by atoms with van der Waals surface area (Å²) in [6.45, 7) is 4.40. The van der Waals surface area contributed by atoms with Crippen LogP contribution in [0, 0.1) is 0 Å². The first-order valence-corrected chi connectivity index (χ1v) is 9.95. The fourth-order valence-corrected chi connectivity index (χ4v) is 3.36. The zero-order chi connectivity index (χ0) is 20.1. The first kappa shape index (κ1) is 20.3. The highest BCUT2D eigenvalue weighted by Gasteiger charge is 2.22. The SMILES string of the molecule is CCCc1cc(C(=O)N(C)Cc2cc(N(C)C)nc(C3CCCNC3)n2)no1. The molecule has 3 rings (SSSR count). The predicted octanol–water partition coefficient (Wildman–Crippen LogP) is 2.22. The van der Waals surface area contributed by atoms with Crippen LogP contribution < -0.4 is 10.2 Å². The Morgan fingerprint density at radius 1 is 1.29 bits per heavy atom. The van der Waals surface area contributed by atoms with Crippen LogP contribution in [0.25, 0.3) is 0 Å². The van der Waals surface area contributed by atoms with Gasteiger partial charge in [0, 0.05) is 52.2 Å². The minimum Gasteiger partial charge on any atom is -0.363 e. The van der Waals surface area contributed by atoms with Crippen LogP contribution in [-0.4, -0.2) is 60.2 Å². The van der Waals surface area contributed by atoms with Crippen molar-refractivity contribution in [3.8, 4) is 0 Å². The molecule has 1 atom stereocenters. The van der Waals surface area contributed by atoms with Gasteiger partial charge in [-0.05, 0) is 25.8 Å². The Kier molecular flexibility index (Phi) is 6.61. The lowest BCUT2D eigenvalue weighted by atomic mass is 9.99. The summed E-state index contributed by atoms with van der Waals surface area (Å²) in [4.78, 5) is 25.8. The summed E-state index contributed by atoms with van der Waals surface area (Å²) in [6.07, 6.45) is 3.93. The summed E-state index contributed by atoms with van der Waals surface area (Å²) >= 11 is 0. The maximum atomic E-state index is 12.7. The molecule has 1 saturated heterocycles. The lowest BCUT2D eigenvalue weighted by molar-refractivity contribution is 0.0772. The summed E-state index contributed by atoms with van der Waals surface area (Å²) in [6, 6.07) is 3.67. The van der Waals surface area contributed by atoms with Crippen molar-refractivity contribution >= 4 is 11.7 Å². The lowest BCUT2D eigenvalue weighted by Gasteiger charge is -2.24. The van der Waals surface area contributed by atoms with Gasteiger partial charge in [0.2, 0.25) is 0 Å². The molecule has 1 aliphatic rings. The summed E-state index contributed by atoms with van der Waals surface area (Å²) in [5.41, 5.74) is 1.16. The Hall–Kier alpha value is -2.48. The molecular weight excluding hydrogens is 356 g/mol. The van der Waals surface area contributed by atoms with Gasteiger partial charge in [-0.1, -0.05) is 12.1 Å². The van der Waals surface area contributed by atoms with Crippen molar-refractivity contribution in [1.82, 2.24) is 25.3 Å². The molecule has 1 amide bonds. The van der Waals surface area contributed by atoms with E-state index < -0.39 is 0 Å². The average Bonchev–Trinajstić information content (AvgIpc) is 3.16. The van der Waals surface area contributed by atoms with Gasteiger partial charge < -0.3 is 19.6 Å². The van der Waals surface area contributed by atoms with E-state index in [1.807, 2.05) is 25.1 Å². The molecule has 1 N–H and O–H groups in total. The van der Waals surface area contributed by atoms with Crippen LogP contribution in [0.1, 0.15) is 59.9 Å². The summed E-state index contributed by atoms with van der Waals surface area (Å²) in [5.74, 6) is 2.58. The molecule has 0 bridgehead atoms. The second-order valence-electron chi connectivity index (χ2n) is 7.60. The van der Waals surface area contributed by atoms with Crippen molar-refractivity contribution in [1.29, 1.82) is 0 Å². The number of piperidine rings is 1. The molecule has 1 unspecified atom stereocenters. The molecule has 2 aromatic heterocycles. The van der Waals surface area contributed by atoms with Crippen molar-refractivity contribution in [2.24, 2.45) is 0 Å². The minimum atomic E-state index is -0.169. The Morgan fingerprint density at radius 2 is 2.11 bits per heavy atom. The zero-order valence-corrected chi connectivity index (χ0v) is 17.2. The van der Waals surface area contributed by atoms with Gasteiger partial charge in [-0.25, -0.2) is 9.97 Å². The van der Waals surface area contributed by atoms with Gasteiger partial charge in [0.05, 0.1) is 12.2 Å². The number of hydrogen-bond donors (Lipinski definition) is 1.